The van der Waals surface area contributed by atoms with E-state index in [1.807, 2.05) is 0 Å². The lowest BCUT2D eigenvalue weighted by atomic mass is 10.2. The molecule has 0 fully saturated rings. The van der Waals surface area contributed by atoms with Crippen LogP contribution in [0.25, 0.3) is 0 Å². The number of ether oxygens (including phenoxy) is 1. The maximum Gasteiger partial charge on any atom is 0.433 e. The van der Waals surface area contributed by atoms with Crippen molar-refractivity contribution in [2.24, 2.45) is 0 Å². The van der Waals surface area contributed by atoms with Crippen molar-refractivity contribution in [3.05, 3.63) is 18.0 Å². The Balaban J connectivity index is 2.65. The van der Waals surface area contributed by atoms with Gasteiger partial charge >= 0.3 is 12.1 Å². The van der Waals surface area contributed by atoms with Crippen LogP contribution in [0.4, 0.5) is 24.5 Å². The monoisotopic (exact) mass is 277 g/mol. The standard InChI is InChI=1S/C11H14F3N3O2/c1-2-19-10(18)3-4-16-8-5-9(11(12,13)14)17-6-7(8)15/h5-6H,2-4,15H2,1H3,(H,16,17). The van der Waals surface area contributed by atoms with Gasteiger partial charge < -0.3 is 15.8 Å². The van der Waals surface area contributed by atoms with E-state index >= 15 is 0 Å². The largest absolute Gasteiger partial charge is 0.466 e. The van der Waals surface area contributed by atoms with Gasteiger partial charge in [-0.15, -0.1) is 0 Å². The Bertz CT molecular complexity index is 449. The minimum atomic E-state index is -4.54. The molecular weight excluding hydrogens is 263 g/mol. The molecule has 0 saturated heterocycles. The predicted molar refractivity (Wildman–Crippen MR) is 63.4 cm³/mol. The fraction of sp³-hybridized carbons (Fsp3) is 0.455. The molecule has 1 rings (SSSR count). The zero-order valence-electron chi connectivity index (χ0n) is 10.3. The molecule has 0 aliphatic carbocycles. The Morgan fingerprint density at radius 1 is 1.53 bits per heavy atom. The number of pyridine rings is 1. The van der Waals surface area contributed by atoms with Gasteiger partial charge in [0.25, 0.3) is 0 Å². The van der Waals surface area contributed by atoms with Gasteiger partial charge in [-0.2, -0.15) is 13.2 Å². The van der Waals surface area contributed by atoms with E-state index in [-0.39, 0.29) is 30.9 Å². The smallest absolute Gasteiger partial charge is 0.433 e. The van der Waals surface area contributed by atoms with E-state index in [2.05, 4.69) is 15.0 Å². The summed E-state index contributed by atoms with van der Waals surface area (Å²) in [6.07, 6.45) is -3.57. The number of nitrogens with one attached hydrogen (secondary N) is 1. The molecule has 1 aromatic rings. The molecule has 8 heteroatoms. The Kier molecular flexibility index (Phi) is 4.96. The minimum Gasteiger partial charge on any atom is -0.466 e. The van der Waals surface area contributed by atoms with E-state index in [0.29, 0.717) is 0 Å². The van der Waals surface area contributed by atoms with Gasteiger partial charge in [0.15, 0.2) is 0 Å². The van der Waals surface area contributed by atoms with Crippen molar-refractivity contribution in [3.63, 3.8) is 0 Å². The maximum absolute atomic E-state index is 12.4. The van der Waals surface area contributed by atoms with Gasteiger partial charge in [0.1, 0.15) is 5.69 Å². The van der Waals surface area contributed by atoms with Crippen LogP contribution in [0.1, 0.15) is 19.0 Å². The third-order valence-electron chi connectivity index (χ3n) is 2.18. The number of nitrogen functional groups attached to an aromatic ring is 1. The number of rotatable bonds is 5. The molecule has 1 aromatic heterocycles. The number of aromatic nitrogens is 1. The third-order valence-corrected chi connectivity index (χ3v) is 2.18. The number of hydrogen-bond donors (Lipinski definition) is 2. The van der Waals surface area contributed by atoms with E-state index < -0.39 is 17.8 Å². The number of esters is 1. The average Bonchev–Trinajstić information content (AvgIpc) is 2.30. The molecule has 0 saturated carbocycles. The molecule has 19 heavy (non-hydrogen) atoms. The summed E-state index contributed by atoms with van der Waals surface area (Å²) in [7, 11) is 0. The molecule has 0 amide bonds. The molecule has 0 spiro atoms. The normalized spacial score (nSPS) is 11.2. The first kappa shape index (κ1) is 15.1. The van der Waals surface area contributed by atoms with Crippen LogP contribution >= 0.6 is 0 Å². The maximum atomic E-state index is 12.4. The zero-order valence-corrected chi connectivity index (χ0v) is 10.3. The molecule has 0 bridgehead atoms. The highest BCUT2D eigenvalue weighted by Crippen LogP contribution is 2.30. The van der Waals surface area contributed by atoms with Crippen LogP contribution in [0.5, 0.6) is 0 Å². The van der Waals surface area contributed by atoms with Gasteiger partial charge in [0.2, 0.25) is 0 Å². The van der Waals surface area contributed by atoms with Crippen molar-refractivity contribution in [1.29, 1.82) is 0 Å². The van der Waals surface area contributed by atoms with Crippen molar-refractivity contribution in [2.75, 3.05) is 24.2 Å². The van der Waals surface area contributed by atoms with Gasteiger partial charge in [0, 0.05) is 6.54 Å². The van der Waals surface area contributed by atoms with Crippen LogP contribution in [-0.4, -0.2) is 24.1 Å². The van der Waals surface area contributed by atoms with Crippen molar-refractivity contribution in [3.8, 4) is 0 Å². The van der Waals surface area contributed by atoms with Crippen molar-refractivity contribution in [2.45, 2.75) is 19.5 Å². The summed E-state index contributed by atoms with van der Waals surface area (Å²) in [4.78, 5) is 14.3. The lowest BCUT2D eigenvalue weighted by Crippen LogP contribution is -2.14. The lowest BCUT2D eigenvalue weighted by Gasteiger charge is -2.12. The van der Waals surface area contributed by atoms with Gasteiger partial charge in [-0.25, -0.2) is 4.98 Å². The number of anilines is 2. The average molecular weight is 277 g/mol. The highest BCUT2D eigenvalue weighted by Gasteiger charge is 2.32. The summed E-state index contributed by atoms with van der Waals surface area (Å²) in [6, 6.07) is 0.806. The minimum absolute atomic E-state index is 0.0386. The molecule has 0 aromatic carbocycles. The summed E-state index contributed by atoms with van der Waals surface area (Å²) < 4.78 is 42.0. The van der Waals surface area contributed by atoms with E-state index in [0.717, 1.165) is 12.3 Å². The Morgan fingerprint density at radius 2 is 2.21 bits per heavy atom. The van der Waals surface area contributed by atoms with Gasteiger partial charge in [-0.05, 0) is 13.0 Å². The number of halogens is 3. The summed E-state index contributed by atoms with van der Waals surface area (Å²) in [5.74, 6) is -0.432. The zero-order chi connectivity index (χ0) is 14.5. The molecule has 3 N–H and O–H groups in total. The molecule has 0 aliphatic heterocycles. The van der Waals surface area contributed by atoms with E-state index in [1.165, 1.54) is 0 Å². The first-order valence-electron chi connectivity index (χ1n) is 5.56. The van der Waals surface area contributed by atoms with Crippen molar-refractivity contribution >= 4 is 17.3 Å². The summed E-state index contributed by atoms with van der Waals surface area (Å²) >= 11 is 0. The Morgan fingerprint density at radius 3 is 2.79 bits per heavy atom. The summed E-state index contributed by atoms with van der Waals surface area (Å²) in [5, 5.41) is 2.65. The van der Waals surface area contributed by atoms with E-state index in [4.69, 9.17) is 5.73 Å². The second-order valence-electron chi connectivity index (χ2n) is 3.64. The van der Waals surface area contributed by atoms with Crippen molar-refractivity contribution < 1.29 is 22.7 Å². The van der Waals surface area contributed by atoms with Gasteiger partial charge in [0.05, 0.1) is 30.6 Å². The summed E-state index contributed by atoms with van der Waals surface area (Å²) in [5.41, 5.74) is 4.63. The highest BCUT2D eigenvalue weighted by atomic mass is 19.4. The number of carbonyl (C=O) groups is 1. The molecular formula is C11H14F3N3O2. The SMILES string of the molecule is CCOC(=O)CCNc1cc(C(F)(F)F)ncc1N. The topological polar surface area (TPSA) is 77.2 Å². The number of hydrogen-bond acceptors (Lipinski definition) is 5. The number of carbonyl (C=O) groups excluding carboxylic acids is 1. The number of alkyl halides is 3. The van der Waals surface area contributed by atoms with Crippen LogP contribution in [-0.2, 0) is 15.7 Å². The quantitative estimate of drug-likeness (QED) is 0.805. The predicted octanol–water partition coefficient (Wildman–Crippen LogP) is 2.05. The van der Waals surface area contributed by atoms with Gasteiger partial charge in [-0.1, -0.05) is 0 Å². The third kappa shape index (κ3) is 4.65. The lowest BCUT2D eigenvalue weighted by molar-refractivity contribution is -0.143. The van der Waals surface area contributed by atoms with Crippen LogP contribution in [0, 0.1) is 0 Å². The first-order valence-corrected chi connectivity index (χ1v) is 5.56. The molecule has 5 nitrogen and oxygen atoms in total. The molecule has 0 atom stereocenters. The first-order chi connectivity index (χ1) is 8.84. The molecule has 1 heterocycles. The molecule has 0 unspecified atom stereocenters. The fourth-order valence-electron chi connectivity index (χ4n) is 1.31. The van der Waals surface area contributed by atoms with Crippen LogP contribution in [0.2, 0.25) is 0 Å². The molecule has 106 valence electrons. The second-order valence-corrected chi connectivity index (χ2v) is 3.64. The van der Waals surface area contributed by atoms with Crippen molar-refractivity contribution in [1.82, 2.24) is 4.98 Å². The van der Waals surface area contributed by atoms with E-state index in [1.54, 1.807) is 6.92 Å². The highest BCUT2D eigenvalue weighted by molar-refractivity contribution is 5.71. The fourth-order valence-corrected chi connectivity index (χ4v) is 1.31. The number of nitrogens with two attached hydrogens (primary N) is 1. The molecule has 0 aliphatic rings. The van der Waals surface area contributed by atoms with Crippen LogP contribution < -0.4 is 11.1 Å². The van der Waals surface area contributed by atoms with Crippen LogP contribution in [0.3, 0.4) is 0 Å². The Labute approximate surface area is 108 Å². The Hall–Kier alpha value is -1.99. The summed E-state index contributed by atoms with van der Waals surface area (Å²) in [6.45, 7) is 2.06. The molecule has 0 radical (unpaired) electrons. The van der Waals surface area contributed by atoms with Gasteiger partial charge in [-0.3, -0.25) is 4.79 Å². The van der Waals surface area contributed by atoms with E-state index in [9.17, 15) is 18.0 Å². The second kappa shape index (κ2) is 6.26. The van der Waals surface area contributed by atoms with Crippen LogP contribution in [0.15, 0.2) is 12.3 Å². The number of nitrogens with zero attached hydrogens (tertiary/aromatic N) is 1.